The van der Waals surface area contributed by atoms with E-state index in [1.54, 1.807) is 0 Å². The standard InChI is InChI=1S/C14H17N3O/c1-14(2,10-15)7-8-17-9-13(18)16-11-5-3-4-6-12(11)17/h3-6H,7-9H2,1-2H3,(H,16,18). The Morgan fingerprint density at radius 1 is 1.44 bits per heavy atom. The normalized spacial score (nSPS) is 14.7. The van der Waals surface area contributed by atoms with E-state index in [1.165, 1.54) is 0 Å². The Morgan fingerprint density at radius 2 is 2.17 bits per heavy atom. The molecule has 0 atom stereocenters. The lowest BCUT2D eigenvalue weighted by Gasteiger charge is -2.32. The summed E-state index contributed by atoms with van der Waals surface area (Å²) < 4.78 is 0. The SMILES string of the molecule is CC(C)(C#N)CCN1CC(=O)Nc2ccccc21. The number of nitrogens with one attached hydrogen (secondary N) is 1. The molecular weight excluding hydrogens is 226 g/mol. The molecule has 1 aromatic rings. The average molecular weight is 243 g/mol. The molecular formula is C14H17N3O. The van der Waals surface area contributed by atoms with Crippen molar-refractivity contribution in [2.24, 2.45) is 5.41 Å². The second-order valence-corrected chi connectivity index (χ2v) is 5.23. The highest BCUT2D eigenvalue weighted by molar-refractivity contribution is 6.01. The number of benzene rings is 1. The predicted molar refractivity (Wildman–Crippen MR) is 71.3 cm³/mol. The summed E-state index contributed by atoms with van der Waals surface area (Å²) in [5, 5.41) is 11.9. The van der Waals surface area contributed by atoms with Gasteiger partial charge >= 0.3 is 0 Å². The first-order valence-corrected chi connectivity index (χ1v) is 6.07. The molecule has 0 unspecified atom stereocenters. The molecule has 1 heterocycles. The molecule has 1 aliphatic rings. The van der Waals surface area contributed by atoms with Gasteiger partial charge in [0.25, 0.3) is 0 Å². The first-order valence-electron chi connectivity index (χ1n) is 6.07. The van der Waals surface area contributed by atoms with Crippen molar-refractivity contribution < 1.29 is 4.79 Å². The maximum absolute atomic E-state index is 11.6. The molecule has 1 N–H and O–H groups in total. The van der Waals surface area contributed by atoms with Gasteiger partial charge in [-0.15, -0.1) is 0 Å². The van der Waals surface area contributed by atoms with Gasteiger partial charge in [0.2, 0.25) is 5.91 Å². The van der Waals surface area contributed by atoms with Gasteiger partial charge in [-0.3, -0.25) is 4.79 Å². The Balaban J connectivity index is 2.15. The number of hydrogen-bond acceptors (Lipinski definition) is 3. The van der Waals surface area contributed by atoms with E-state index in [9.17, 15) is 4.79 Å². The van der Waals surface area contributed by atoms with Crippen molar-refractivity contribution >= 4 is 17.3 Å². The molecule has 0 saturated heterocycles. The zero-order valence-corrected chi connectivity index (χ0v) is 10.7. The van der Waals surface area contributed by atoms with Crippen molar-refractivity contribution in [1.29, 1.82) is 5.26 Å². The third kappa shape index (κ3) is 2.62. The van der Waals surface area contributed by atoms with Gasteiger partial charge in [0.05, 0.1) is 29.4 Å². The van der Waals surface area contributed by atoms with E-state index in [2.05, 4.69) is 11.4 Å². The summed E-state index contributed by atoms with van der Waals surface area (Å²) in [7, 11) is 0. The molecule has 4 nitrogen and oxygen atoms in total. The van der Waals surface area contributed by atoms with Gasteiger partial charge in [0, 0.05) is 6.54 Å². The van der Waals surface area contributed by atoms with Crippen LogP contribution in [-0.2, 0) is 4.79 Å². The van der Waals surface area contributed by atoms with Crippen molar-refractivity contribution in [3.8, 4) is 6.07 Å². The van der Waals surface area contributed by atoms with Crippen LogP contribution < -0.4 is 10.2 Å². The van der Waals surface area contributed by atoms with Crippen LogP contribution in [0.3, 0.4) is 0 Å². The summed E-state index contributed by atoms with van der Waals surface area (Å²) in [6.07, 6.45) is 0.741. The monoisotopic (exact) mass is 243 g/mol. The number of nitriles is 1. The van der Waals surface area contributed by atoms with Gasteiger partial charge in [0.15, 0.2) is 0 Å². The van der Waals surface area contributed by atoms with Crippen LogP contribution in [0.5, 0.6) is 0 Å². The molecule has 1 aromatic carbocycles. The number of para-hydroxylation sites is 2. The van der Waals surface area contributed by atoms with E-state index in [0.29, 0.717) is 13.1 Å². The first kappa shape index (κ1) is 12.4. The van der Waals surface area contributed by atoms with Gasteiger partial charge in [-0.05, 0) is 32.4 Å². The fourth-order valence-corrected chi connectivity index (χ4v) is 1.97. The van der Waals surface area contributed by atoms with Crippen molar-refractivity contribution in [2.45, 2.75) is 20.3 Å². The quantitative estimate of drug-likeness (QED) is 0.886. The molecule has 0 fully saturated rings. The Morgan fingerprint density at radius 3 is 2.89 bits per heavy atom. The third-order valence-corrected chi connectivity index (χ3v) is 3.16. The molecule has 0 saturated carbocycles. The van der Waals surface area contributed by atoms with Gasteiger partial charge in [-0.25, -0.2) is 0 Å². The molecule has 1 aliphatic heterocycles. The van der Waals surface area contributed by atoms with Crippen LogP contribution in [0.1, 0.15) is 20.3 Å². The van der Waals surface area contributed by atoms with Crippen LogP contribution >= 0.6 is 0 Å². The Labute approximate surface area is 107 Å². The highest BCUT2D eigenvalue weighted by Crippen LogP contribution is 2.30. The van der Waals surface area contributed by atoms with Crippen molar-refractivity contribution in [3.63, 3.8) is 0 Å². The van der Waals surface area contributed by atoms with Crippen molar-refractivity contribution in [1.82, 2.24) is 0 Å². The van der Waals surface area contributed by atoms with E-state index < -0.39 is 0 Å². The topological polar surface area (TPSA) is 56.1 Å². The number of carbonyl (C=O) groups is 1. The summed E-state index contributed by atoms with van der Waals surface area (Å²) >= 11 is 0. The average Bonchev–Trinajstić information content (AvgIpc) is 2.36. The number of fused-ring (bicyclic) bond motifs is 1. The maximum atomic E-state index is 11.6. The van der Waals surface area contributed by atoms with Crippen LogP contribution in [-0.4, -0.2) is 19.0 Å². The molecule has 0 aliphatic carbocycles. The summed E-state index contributed by atoms with van der Waals surface area (Å²) in [5.74, 6) is 0.00321. The fourth-order valence-electron chi connectivity index (χ4n) is 1.97. The lowest BCUT2D eigenvalue weighted by atomic mass is 9.91. The minimum atomic E-state index is -0.358. The molecule has 0 radical (unpaired) electrons. The molecule has 18 heavy (non-hydrogen) atoms. The Bertz CT molecular complexity index is 502. The lowest BCUT2D eigenvalue weighted by molar-refractivity contribution is -0.115. The van der Waals surface area contributed by atoms with E-state index in [-0.39, 0.29) is 11.3 Å². The van der Waals surface area contributed by atoms with E-state index in [1.807, 2.05) is 43.0 Å². The second kappa shape index (κ2) is 4.69. The molecule has 2 rings (SSSR count). The number of anilines is 2. The molecule has 1 amide bonds. The van der Waals surface area contributed by atoms with Crippen LogP contribution in [0.25, 0.3) is 0 Å². The lowest BCUT2D eigenvalue weighted by Crippen LogP contribution is -2.39. The Hall–Kier alpha value is -2.02. The number of rotatable bonds is 3. The highest BCUT2D eigenvalue weighted by atomic mass is 16.2. The van der Waals surface area contributed by atoms with E-state index in [4.69, 9.17) is 5.26 Å². The van der Waals surface area contributed by atoms with Gasteiger partial charge < -0.3 is 10.2 Å². The smallest absolute Gasteiger partial charge is 0.243 e. The molecule has 0 spiro atoms. The largest absolute Gasteiger partial charge is 0.360 e. The van der Waals surface area contributed by atoms with Crippen molar-refractivity contribution in [3.05, 3.63) is 24.3 Å². The third-order valence-electron chi connectivity index (χ3n) is 3.16. The number of amides is 1. The van der Waals surface area contributed by atoms with Crippen LogP contribution in [0.2, 0.25) is 0 Å². The number of nitrogens with zero attached hydrogens (tertiary/aromatic N) is 2. The van der Waals surface area contributed by atoms with Crippen LogP contribution in [0, 0.1) is 16.7 Å². The second-order valence-electron chi connectivity index (χ2n) is 5.23. The van der Waals surface area contributed by atoms with E-state index >= 15 is 0 Å². The summed E-state index contributed by atoms with van der Waals surface area (Å²) in [6, 6.07) is 10.0. The zero-order valence-electron chi connectivity index (χ0n) is 10.7. The molecule has 0 bridgehead atoms. The van der Waals surface area contributed by atoms with Gasteiger partial charge in [-0.2, -0.15) is 5.26 Å². The number of carbonyl (C=O) groups excluding carboxylic acids is 1. The molecule has 94 valence electrons. The number of hydrogen-bond donors (Lipinski definition) is 1. The maximum Gasteiger partial charge on any atom is 0.243 e. The van der Waals surface area contributed by atoms with Gasteiger partial charge in [0.1, 0.15) is 0 Å². The highest BCUT2D eigenvalue weighted by Gasteiger charge is 2.24. The molecule has 0 aromatic heterocycles. The minimum absolute atomic E-state index is 0.00321. The first-order chi connectivity index (χ1) is 8.52. The fraction of sp³-hybridized carbons (Fsp3) is 0.429. The van der Waals surface area contributed by atoms with E-state index in [0.717, 1.165) is 17.8 Å². The predicted octanol–water partition coefficient (Wildman–Crippen LogP) is 2.38. The molecule has 4 heteroatoms. The van der Waals surface area contributed by atoms with Crippen molar-refractivity contribution in [2.75, 3.05) is 23.3 Å². The Kier molecular flexibility index (Phi) is 3.24. The summed E-state index contributed by atoms with van der Waals surface area (Å²) in [5.41, 5.74) is 1.53. The minimum Gasteiger partial charge on any atom is -0.360 e. The summed E-state index contributed by atoms with van der Waals surface area (Å²) in [4.78, 5) is 13.6. The van der Waals surface area contributed by atoms with Crippen LogP contribution in [0.4, 0.5) is 11.4 Å². The zero-order chi connectivity index (χ0) is 13.2. The van der Waals surface area contributed by atoms with Gasteiger partial charge in [-0.1, -0.05) is 12.1 Å². The summed E-state index contributed by atoms with van der Waals surface area (Å²) in [6.45, 7) is 4.91. The van der Waals surface area contributed by atoms with Crippen LogP contribution in [0.15, 0.2) is 24.3 Å².